The molecule has 1 N–H and O–H groups in total. The predicted octanol–water partition coefficient (Wildman–Crippen LogP) is 3.63. The van der Waals surface area contributed by atoms with Crippen LogP contribution in [0.5, 0.6) is 0 Å². The lowest BCUT2D eigenvalue weighted by Gasteiger charge is -2.17. The fraction of sp³-hybridized carbons (Fsp3) is 0.231. The molecule has 0 fully saturated rings. The van der Waals surface area contributed by atoms with E-state index in [4.69, 9.17) is 0 Å². The van der Waals surface area contributed by atoms with Crippen molar-refractivity contribution in [2.45, 2.75) is 12.5 Å². The topological polar surface area (TPSA) is 12.0 Å². The Balaban J connectivity index is 1.90. The van der Waals surface area contributed by atoms with Gasteiger partial charge in [0.25, 0.3) is 5.92 Å². The molecule has 0 saturated heterocycles. The molecule has 4 heteroatoms. The van der Waals surface area contributed by atoms with Gasteiger partial charge in [0.05, 0.1) is 6.54 Å². The van der Waals surface area contributed by atoms with Gasteiger partial charge < -0.3 is 5.32 Å². The Labute approximate surface area is 103 Å². The second-order valence-corrected chi connectivity index (χ2v) is 4.59. The Bertz CT molecular complexity index is 440. The van der Waals surface area contributed by atoms with Crippen LogP contribution in [0.1, 0.15) is 11.1 Å². The van der Waals surface area contributed by atoms with Crippen LogP contribution in [0.3, 0.4) is 0 Å². The SMILES string of the molecule is FC(F)(CNCc1ccsc1)c1ccccc1. The maximum absolute atomic E-state index is 13.7. The molecule has 0 aliphatic heterocycles. The van der Waals surface area contributed by atoms with Crippen molar-refractivity contribution in [1.29, 1.82) is 0 Å². The van der Waals surface area contributed by atoms with Crippen molar-refractivity contribution in [1.82, 2.24) is 5.32 Å². The number of benzene rings is 1. The van der Waals surface area contributed by atoms with Gasteiger partial charge in [-0.25, -0.2) is 0 Å². The van der Waals surface area contributed by atoms with E-state index in [-0.39, 0.29) is 12.1 Å². The molecule has 0 atom stereocenters. The highest BCUT2D eigenvalue weighted by molar-refractivity contribution is 7.07. The third-order valence-corrected chi connectivity index (χ3v) is 3.18. The maximum Gasteiger partial charge on any atom is 0.285 e. The molecule has 0 spiro atoms. The normalized spacial score (nSPS) is 11.6. The van der Waals surface area contributed by atoms with Crippen LogP contribution < -0.4 is 5.32 Å². The summed E-state index contributed by atoms with van der Waals surface area (Å²) in [6.07, 6.45) is 0. The van der Waals surface area contributed by atoms with Crippen LogP contribution in [0.25, 0.3) is 0 Å². The highest BCUT2D eigenvalue weighted by Gasteiger charge is 2.30. The molecular weight excluding hydrogens is 240 g/mol. The number of thiophene rings is 1. The van der Waals surface area contributed by atoms with Gasteiger partial charge in [-0.1, -0.05) is 30.3 Å². The number of hydrogen-bond acceptors (Lipinski definition) is 2. The molecule has 0 aliphatic carbocycles. The van der Waals surface area contributed by atoms with Crippen LogP contribution in [0.4, 0.5) is 8.78 Å². The molecule has 2 aromatic rings. The van der Waals surface area contributed by atoms with Crippen molar-refractivity contribution in [3.63, 3.8) is 0 Å². The number of alkyl halides is 2. The average Bonchev–Trinajstić information content (AvgIpc) is 2.83. The standard InChI is InChI=1S/C13H13F2NS/c14-13(15,12-4-2-1-3-5-12)10-16-8-11-6-7-17-9-11/h1-7,9,16H,8,10H2. The first-order chi connectivity index (χ1) is 8.18. The van der Waals surface area contributed by atoms with Gasteiger partial charge >= 0.3 is 0 Å². The van der Waals surface area contributed by atoms with E-state index in [1.807, 2.05) is 16.8 Å². The molecule has 1 aromatic carbocycles. The van der Waals surface area contributed by atoms with E-state index >= 15 is 0 Å². The maximum atomic E-state index is 13.7. The zero-order chi connectivity index (χ0) is 12.1. The molecule has 1 aromatic heterocycles. The molecule has 2 rings (SSSR count). The summed E-state index contributed by atoms with van der Waals surface area (Å²) in [5.41, 5.74) is 1.09. The molecule has 0 radical (unpaired) electrons. The summed E-state index contributed by atoms with van der Waals surface area (Å²) in [5.74, 6) is -2.82. The summed E-state index contributed by atoms with van der Waals surface area (Å²) >= 11 is 1.57. The van der Waals surface area contributed by atoms with E-state index in [1.54, 1.807) is 29.5 Å². The van der Waals surface area contributed by atoms with Gasteiger partial charge in [0.15, 0.2) is 0 Å². The summed E-state index contributed by atoms with van der Waals surface area (Å²) in [7, 11) is 0. The predicted molar refractivity (Wildman–Crippen MR) is 66.4 cm³/mol. The lowest BCUT2D eigenvalue weighted by molar-refractivity contribution is -0.00342. The van der Waals surface area contributed by atoms with Crippen molar-refractivity contribution in [3.8, 4) is 0 Å². The molecular formula is C13H13F2NS. The Morgan fingerprint density at radius 1 is 1.12 bits per heavy atom. The number of halogens is 2. The summed E-state index contributed by atoms with van der Waals surface area (Å²) in [4.78, 5) is 0. The van der Waals surface area contributed by atoms with Crippen molar-refractivity contribution >= 4 is 11.3 Å². The fourth-order valence-corrected chi connectivity index (χ4v) is 2.21. The van der Waals surface area contributed by atoms with Crippen LogP contribution in [0, 0.1) is 0 Å². The van der Waals surface area contributed by atoms with Gasteiger partial charge in [-0.05, 0) is 22.4 Å². The minimum atomic E-state index is -2.82. The molecule has 17 heavy (non-hydrogen) atoms. The first-order valence-electron chi connectivity index (χ1n) is 5.33. The summed E-state index contributed by atoms with van der Waals surface area (Å²) in [6, 6.07) is 9.82. The lowest BCUT2D eigenvalue weighted by Crippen LogP contribution is -2.30. The van der Waals surface area contributed by atoms with Gasteiger partial charge in [0.2, 0.25) is 0 Å². The first kappa shape index (κ1) is 12.2. The smallest absolute Gasteiger partial charge is 0.285 e. The van der Waals surface area contributed by atoms with Crippen LogP contribution in [-0.4, -0.2) is 6.54 Å². The number of hydrogen-bond donors (Lipinski definition) is 1. The van der Waals surface area contributed by atoms with Gasteiger partial charge in [-0.15, -0.1) is 0 Å². The van der Waals surface area contributed by atoms with Gasteiger partial charge in [-0.3, -0.25) is 0 Å². The van der Waals surface area contributed by atoms with Crippen molar-refractivity contribution in [3.05, 3.63) is 58.3 Å². The van der Waals surface area contributed by atoms with Crippen LogP contribution >= 0.6 is 11.3 Å². The van der Waals surface area contributed by atoms with E-state index < -0.39 is 5.92 Å². The van der Waals surface area contributed by atoms with Gasteiger partial charge in [-0.2, -0.15) is 20.1 Å². The lowest BCUT2D eigenvalue weighted by atomic mass is 10.1. The molecule has 1 nitrogen and oxygen atoms in total. The molecule has 0 aliphatic rings. The Hall–Kier alpha value is -1.26. The molecule has 90 valence electrons. The van der Waals surface area contributed by atoms with E-state index in [1.165, 1.54) is 12.1 Å². The fourth-order valence-electron chi connectivity index (χ4n) is 1.54. The quantitative estimate of drug-likeness (QED) is 0.858. The zero-order valence-electron chi connectivity index (χ0n) is 9.20. The van der Waals surface area contributed by atoms with Crippen molar-refractivity contribution in [2.75, 3.05) is 6.54 Å². The van der Waals surface area contributed by atoms with E-state index in [2.05, 4.69) is 5.32 Å². The Kier molecular flexibility index (Phi) is 3.86. The molecule has 0 bridgehead atoms. The van der Waals surface area contributed by atoms with Gasteiger partial charge in [0.1, 0.15) is 0 Å². The number of rotatable bonds is 5. The summed E-state index contributed by atoms with van der Waals surface area (Å²) in [5, 5.41) is 6.67. The number of nitrogens with one attached hydrogen (secondary N) is 1. The molecule has 1 heterocycles. The third-order valence-electron chi connectivity index (χ3n) is 2.45. The van der Waals surface area contributed by atoms with E-state index in [9.17, 15) is 8.78 Å². The average molecular weight is 253 g/mol. The second-order valence-electron chi connectivity index (χ2n) is 3.81. The van der Waals surface area contributed by atoms with Crippen molar-refractivity contribution in [2.24, 2.45) is 0 Å². The minimum absolute atomic E-state index is 0.0535. The summed E-state index contributed by atoms with van der Waals surface area (Å²) in [6.45, 7) is 0.138. The highest BCUT2D eigenvalue weighted by atomic mass is 32.1. The minimum Gasteiger partial charge on any atom is -0.307 e. The van der Waals surface area contributed by atoms with Crippen LogP contribution in [-0.2, 0) is 12.5 Å². The van der Waals surface area contributed by atoms with Gasteiger partial charge in [0, 0.05) is 12.1 Å². The Morgan fingerprint density at radius 2 is 1.88 bits per heavy atom. The molecule has 0 amide bonds. The largest absolute Gasteiger partial charge is 0.307 e. The molecule has 0 unspecified atom stereocenters. The van der Waals surface area contributed by atoms with E-state index in [0.717, 1.165) is 5.56 Å². The Morgan fingerprint density at radius 3 is 2.53 bits per heavy atom. The molecule has 0 saturated carbocycles. The van der Waals surface area contributed by atoms with E-state index in [0.29, 0.717) is 6.54 Å². The monoisotopic (exact) mass is 253 g/mol. The zero-order valence-corrected chi connectivity index (χ0v) is 10.0. The van der Waals surface area contributed by atoms with Crippen LogP contribution in [0.2, 0.25) is 0 Å². The summed E-state index contributed by atoms with van der Waals surface area (Å²) < 4.78 is 27.4. The van der Waals surface area contributed by atoms with Crippen molar-refractivity contribution < 1.29 is 8.78 Å². The highest BCUT2D eigenvalue weighted by Crippen LogP contribution is 2.26. The third kappa shape index (κ3) is 3.35. The second kappa shape index (κ2) is 5.38. The van der Waals surface area contributed by atoms with Crippen LogP contribution in [0.15, 0.2) is 47.2 Å². The first-order valence-corrected chi connectivity index (χ1v) is 6.28.